The Morgan fingerprint density at radius 3 is 2.76 bits per heavy atom. The fourth-order valence-electron chi connectivity index (χ4n) is 2.56. The van der Waals surface area contributed by atoms with Crippen molar-refractivity contribution in [3.63, 3.8) is 0 Å². The summed E-state index contributed by atoms with van der Waals surface area (Å²) >= 11 is 1.87. The molecule has 4 nitrogen and oxygen atoms in total. The number of nitrogens with one attached hydrogen (secondary N) is 1. The van der Waals surface area contributed by atoms with Crippen LogP contribution in [0, 0.1) is 13.8 Å². The van der Waals surface area contributed by atoms with Crippen LogP contribution < -0.4 is 5.32 Å². The van der Waals surface area contributed by atoms with Crippen molar-refractivity contribution in [2.45, 2.75) is 33.9 Å². The van der Waals surface area contributed by atoms with Crippen LogP contribution in [0.15, 0.2) is 24.3 Å². The third-order valence-electron chi connectivity index (χ3n) is 3.59. The minimum atomic E-state index is 0.789. The fourth-order valence-corrected chi connectivity index (χ4v) is 3.75. The lowest BCUT2D eigenvalue weighted by Gasteiger charge is -2.07. The summed E-state index contributed by atoms with van der Waals surface area (Å²) in [5, 5.41) is 9.28. The standard InChI is InChI=1S/C16H20N4S/c1-4-17-9-16-14(10-20-12(3)18-11(2)19-20)13-7-5-6-8-15(13)21-16/h5-8,17H,4,9-10H2,1-3H3. The Hall–Kier alpha value is -1.72. The van der Waals surface area contributed by atoms with E-state index in [-0.39, 0.29) is 0 Å². The number of aromatic nitrogens is 3. The smallest absolute Gasteiger partial charge is 0.147 e. The van der Waals surface area contributed by atoms with Gasteiger partial charge >= 0.3 is 0 Å². The van der Waals surface area contributed by atoms with E-state index in [1.807, 2.05) is 29.9 Å². The van der Waals surface area contributed by atoms with Gasteiger partial charge in [0.25, 0.3) is 0 Å². The molecular formula is C16H20N4S. The monoisotopic (exact) mass is 300 g/mol. The number of rotatable bonds is 5. The molecule has 0 aliphatic carbocycles. The van der Waals surface area contributed by atoms with Gasteiger partial charge in [-0.15, -0.1) is 11.3 Å². The van der Waals surface area contributed by atoms with Crippen molar-refractivity contribution in [2.24, 2.45) is 0 Å². The van der Waals surface area contributed by atoms with Crippen molar-refractivity contribution in [3.8, 4) is 0 Å². The SMILES string of the molecule is CCNCc1sc2ccccc2c1Cn1nc(C)nc1C. The zero-order chi connectivity index (χ0) is 14.8. The molecular weight excluding hydrogens is 280 g/mol. The van der Waals surface area contributed by atoms with Crippen LogP contribution >= 0.6 is 11.3 Å². The molecule has 3 rings (SSSR count). The second-order valence-corrected chi connectivity index (χ2v) is 6.28. The highest BCUT2D eigenvalue weighted by Gasteiger charge is 2.14. The molecule has 0 aliphatic rings. The molecule has 3 aromatic rings. The molecule has 0 radical (unpaired) electrons. The maximum atomic E-state index is 4.50. The van der Waals surface area contributed by atoms with Gasteiger partial charge < -0.3 is 5.32 Å². The number of hydrogen-bond donors (Lipinski definition) is 1. The predicted octanol–water partition coefficient (Wildman–Crippen LogP) is 3.27. The quantitative estimate of drug-likeness (QED) is 0.786. The van der Waals surface area contributed by atoms with Gasteiger partial charge in [-0.3, -0.25) is 0 Å². The van der Waals surface area contributed by atoms with Gasteiger partial charge in [0, 0.05) is 16.1 Å². The number of thiophene rings is 1. The lowest BCUT2D eigenvalue weighted by atomic mass is 10.1. The van der Waals surface area contributed by atoms with Crippen molar-refractivity contribution in [1.82, 2.24) is 20.1 Å². The second-order valence-electron chi connectivity index (χ2n) is 5.14. The molecule has 0 spiro atoms. The van der Waals surface area contributed by atoms with E-state index in [1.165, 1.54) is 20.5 Å². The van der Waals surface area contributed by atoms with Crippen LogP contribution in [0.2, 0.25) is 0 Å². The van der Waals surface area contributed by atoms with Gasteiger partial charge in [0.2, 0.25) is 0 Å². The Labute approximate surface area is 128 Å². The van der Waals surface area contributed by atoms with E-state index < -0.39 is 0 Å². The van der Waals surface area contributed by atoms with Gasteiger partial charge in [-0.25, -0.2) is 9.67 Å². The highest BCUT2D eigenvalue weighted by atomic mass is 32.1. The maximum Gasteiger partial charge on any atom is 0.147 e. The first kappa shape index (κ1) is 14.2. The molecule has 0 aliphatic heterocycles. The van der Waals surface area contributed by atoms with Gasteiger partial charge in [-0.2, -0.15) is 5.10 Å². The summed E-state index contributed by atoms with van der Waals surface area (Å²) < 4.78 is 3.34. The molecule has 1 aromatic carbocycles. The van der Waals surface area contributed by atoms with E-state index in [9.17, 15) is 0 Å². The molecule has 1 N–H and O–H groups in total. The Morgan fingerprint density at radius 2 is 2.05 bits per heavy atom. The molecule has 5 heteroatoms. The number of nitrogens with zero attached hydrogens (tertiary/aromatic N) is 3. The second kappa shape index (κ2) is 5.95. The normalized spacial score (nSPS) is 11.4. The maximum absolute atomic E-state index is 4.50. The third-order valence-corrected chi connectivity index (χ3v) is 4.80. The highest BCUT2D eigenvalue weighted by molar-refractivity contribution is 7.19. The van der Waals surface area contributed by atoms with Crippen LogP contribution in [0.25, 0.3) is 10.1 Å². The van der Waals surface area contributed by atoms with Gasteiger partial charge in [0.1, 0.15) is 11.6 Å². The number of benzene rings is 1. The van der Waals surface area contributed by atoms with Gasteiger partial charge in [-0.05, 0) is 37.4 Å². The summed E-state index contributed by atoms with van der Waals surface area (Å²) in [7, 11) is 0. The molecule has 0 saturated carbocycles. The molecule has 0 amide bonds. The van der Waals surface area contributed by atoms with Crippen LogP contribution in [0.1, 0.15) is 29.0 Å². The zero-order valence-corrected chi connectivity index (χ0v) is 13.5. The van der Waals surface area contributed by atoms with Crippen molar-refractivity contribution in [3.05, 3.63) is 46.4 Å². The molecule has 2 heterocycles. The molecule has 0 atom stereocenters. The van der Waals surface area contributed by atoms with E-state index >= 15 is 0 Å². The largest absolute Gasteiger partial charge is 0.312 e. The summed E-state index contributed by atoms with van der Waals surface area (Å²) in [4.78, 5) is 5.80. The van der Waals surface area contributed by atoms with E-state index in [2.05, 4.69) is 46.6 Å². The van der Waals surface area contributed by atoms with E-state index in [0.29, 0.717) is 0 Å². The number of hydrogen-bond acceptors (Lipinski definition) is 4. The lowest BCUT2D eigenvalue weighted by molar-refractivity contribution is 0.650. The van der Waals surface area contributed by atoms with Crippen molar-refractivity contribution in [1.29, 1.82) is 0 Å². The Balaban J connectivity index is 2.04. The first-order valence-electron chi connectivity index (χ1n) is 7.27. The molecule has 2 aromatic heterocycles. The van der Waals surface area contributed by atoms with Gasteiger partial charge in [0.15, 0.2) is 0 Å². The zero-order valence-electron chi connectivity index (χ0n) is 12.7. The summed E-state index contributed by atoms with van der Waals surface area (Å²) in [6.07, 6.45) is 0. The predicted molar refractivity (Wildman–Crippen MR) is 87.8 cm³/mol. The van der Waals surface area contributed by atoms with Crippen molar-refractivity contribution in [2.75, 3.05) is 6.54 Å². The minimum absolute atomic E-state index is 0.789. The summed E-state index contributed by atoms with van der Waals surface area (Å²) in [6.45, 7) is 8.77. The Kier molecular flexibility index (Phi) is 4.03. The molecule has 21 heavy (non-hydrogen) atoms. The summed E-state index contributed by atoms with van der Waals surface area (Å²) in [6, 6.07) is 8.60. The summed E-state index contributed by atoms with van der Waals surface area (Å²) in [5.74, 6) is 1.80. The first-order chi connectivity index (χ1) is 10.2. The van der Waals surface area contributed by atoms with Gasteiger partial charge in [0.05, 0.1) is 6.54 Å². The molecule has 0 saturated heterocycles. The molecule has 0 fully saturated rings. The van der Waals surface area contributed by atoms with Crippen LogP contribution in [0.3, 0.4) is 0 Å². The summed E-state index contributed by atoms with van der Waals surface area (Å²) in [5.41, 5.74) is 1.37. The Bertz CT molecular complexity index is 757. The molecule has 0 unspecified atom stereocenters. The van der Waals surface area contributed by atoms with E-state index in [4.69, 9.17) is 0 Å². The highest BCUT2D eigenvalue weighted by Crippen LogP contribution is 2.32. The number of aryl methyl sites for hydroxylation is 2. The van der Waals surface area contributed by atoms with E-state index in [0.717, 1.165) is 31.3 Å². The van der Waals surface area contributed by atoms with Crippen LogP contribution in [-0.2, 0) is 13.1 Å². The average Bonchev–Trinajstić information content (AvgIpc) is 2.98. The van der Waals surface area contributed by atoms with Crippen molar-refractivity contribution >= 4 is 21.4 Å². The van der Waals surface area contributed by atoms with Gasteiger partial charge in [-0.1, -0.05) is 25.1 Å². The van der Waals surface area contributed by atoms with E-state index in [1.54, 1.807) is 0 Å². The molecule has 0 bridgehead atoms. The topological polar surface area (TPSA) is 42.7 Å². The average molecular weight is 300 g/mol. The van der Waals surface area contributed by atoms with Crippen LogP contribution in [-0.4, -0.2) is 21.3 Å². The van der Waals surface area contributed by atoms with Crippen molar-refractivity contribution < 1.29 is 0 Å². The minimum Gasteiger partial charge on any atom is -0.312 e. The lowest BCUT2D eigenvalue weighted by Crippen LogP contribution is -2.13. The fraction of sp³-hybridized carbons (Fsp3) is 0.375. The third kappa shape index (κ3) is 2.84. The van der Waals surface area contributed by atoms with Crippen LogP contribution in [0.4, 0.5) is 0 Å². The first-order valence-corrected chi connectivity index (χ1v) is 8.08. The number of fused-ring (bicyclic) bond motifs is 1. The Morgan fingerprint density at radius 1 is 1.24 bits per heavy atom. The van der Waals surface area contributed by atoms with Crippen LogP contribution in [0.5, 0.6) is 0 Å². The molecule has 110 valence electrons.